The molecule has 0 saturated heterocycles. The van der Waals surface area contributed by atoms with Crippen LogP contribution in [-0.4, -0.2) is 43.2 Å². The highest BCUT2D eigenvalue weighted by atomic mass is 32.2. The SMILES string of the molecule is COc1ccc(-c2nc(NC(=O)c3cccc(S(=O)(=O)N4CCc5ccccc54)c3)n[nH]2)cc1. The van der Waals surface area contributed by atoms with E-state index in [2.05, 4.69) is 20.5 Å². The number of amides is 1. The predicted molar refractivity (Wildman–Crippen MR) is 127 cm³/mol. The Labute approximate surface area is 196 Å². The maximum Gasteiger partial charge on any atom is 0.264 e. The van der Waals surface area contributed by atoms with Gasteiger partial charge in [0.1, 0.15) is 5.75 Å². The first-order valence-corrected chi connectivity index (χ1v) is 12.0. The Balaban J connectivity index is 1.35. The Morgan fingerprint density at radius 3 is 2.65 bits per heavy atom. The molecule has 2 N–H and O–H groups in total. The third-order valence-corrected chi connectivity index (χ3v) is 7.41. The number of methoxy groups -OCH3 is 1. The van der Waals surface area contributed by atoms with E-state index in [0.717, 1.165) is 11.1 Å². The predicted octanol–water partition coefficient (Wildman–Crippen LogP) is 3.48. The van der Waals surface area contributed by atoms with Crippen LogP contribution < -0.4 is 14.4 Å². The summed E-state index contributed by atoms with van der Waals surface area (Å²) < 4.78 is 33.1. The van der Waals surface area contributed by atoms with Crippen molar-refractivity contribution in [3.63, 3.8) is 0 Å². The summed E-state index contributed by atoms with van der Waals surface area (Å²) in [4.78, 5) is 17.2. The second kappa shape index (κ2) is 8.64. The molecule has 172 valence electrons. The summed E-state index contributed by atoms with van der Waals surface area (Å²) in [6.07, 6.45) is 0.650. The van der Waals surface area contributed by atoms with Gasteiger partial charge in [-0.2, -0.15) is 4.98 Å². The Bertz CT molecular complexity index is 1460. The number of rotatable bonds is 6. The lowest BCUT2D eigenvalue weighted by atomic mass is 10.2. The summed E-state index contributed by atoms with van der Waals surface area (Å²) >= 11 is 0. The summed E-state index contributed by atoms with van der Waals surface area (Å²) in [5, 5.41) is 9.42. The molecule has 0 saturated carbocycles. The van der Waals surface area contributed by atoms with E-state index in [-0.39, 0.29) is 16.4 Å². The van der Waals surface area contributed by atoms with Gasteiger partial charge >= 0.3 is 0 Å². The molecule has 0 fully saturated rings. The number of H-pyrrole nitrogens is 1. The molecule has 3 aromatic carbocycles. The van der Waals surface area contributed by atoms with Crippen LogP contribution in [0.1, 0.15) is 15.9 Å². The van der Waals surface area contributed by atoms with Gasteiger partial charge in [-0.1, -0.05) is 24.3 Å². The summed E-state index contributed by atoms with van der Waals surface area (Å²) in [7, 11) is -2.23. The van der Waals surface area contributed by atoms with Crippen LogP contribution in [0.2, 0.25) is 0 Å². The van der Waals surface area contributed by atoms with E-state index in [0.29, 0.717) is 30.2 Å². The highest BCUT2D eigenvalue weighted by Crippen LogP contribution is 2.32. The number of para-hydroxylation sites is 1. The number of hydrogen-bond donors (Lipinski definition) is 2. The molecule has 0 aliphatic carbocycles. The van der Waals surface area contributed by atoms with Gasteiger partial charge in [0.15, 0.2) is 5.82 Å². The first-order chi connectivity index (χ1) is 16.5. The summed E-state index contributed by atoms with van der Waals surface area (Å²) in [6, 6.07) is 20.6. The third-order valence-electron chi connectivity index (χ3n) is 5.60. The van der Waals surface area contributed by atoms with Crippen LogP contribution in [0.25, 0.3) is 11.4 Å². The molecular formula is C24H21N5O4S. The number of nitrogens with one attached hydrogen (secondary N) is 2. The van der Waals surface area contributed by atoms with Gasteiger partial charge in [0.2, 0.25) is 5.95 Å². The molecule has 0 spiro atoms. The van der Waals surface area contributed by atoms with Crippen LogP contribution in [0.3, 0.4) is 0 Å². The van der Waals surface area contributed by atoms with Gasteiger partial charge in [-0.3, -0.25) is 19.5 Å². The lowest BCUT2D eigenvalue weighted by Gasteiger charge is -2.19. The Hall–Kier alpha value is -4.18. The number of nitrogens with zero attached hydrogens (tertiary/aromatic N) is 3. The summed E-state index contributed by atoms with van der Waals surface area (Å²) in [5.41, 5.74) is 2.61. The van der Waals surface area contributed by atoms with Crippen molar-refractivity contribution >= 4 is 27.6 Å². The molecule has 1 aliphatic heterocycles. The quantitative estimate of drug-likeness (QED) is 0.441. The number of hydrogen-bond acceptors (Lipinski definition) is 6. The fourth-order valence-electron chi connectivity index (χ4n) is 3.85. The molecule has 0 atom stereocenters. The highest BCUT2D eigenvalue weighted by molar-refractivity contribution is 7.92. The molecule has 5 rings (SSSR count). The van der Waals surface area contributed by atoms with Crippen molar-refractivity contribution in [3.8, 4) is 17.1 Å². The Morgan fingerprint density at radius 2 is 1.85 bits per heavy atom. The smallest absolute Gasteiger partial charge is 0.264 e. The topological polar surface area (TPSA) is 117 Å². The van der Waals surface area contributed by atoms with Crippen LogP contribution in [-0.2, 0) is 16.4 Å². The van der Waals surface area contributed by atoms with E-state index < -0.39 is 15.9 Å². The lowest BCUT2D eigenvalue weighted by Crippen LogP contribution is -2.29. The fraction of sp³-hybridized carbons (Fsp3) is 0.125. The Kier molecular flexibility index (Phi) is 5.50. The normalized spacial score (nSPS) is 12.9. The van der Waals surface area contributed by atoms with E-state index >= 15 is 0 Å². The van der Waals surface area contributed by atoms with Gasteiger partial charge in [-0.25, -0.2) is 8.42 Å². The van der Waals surface area contributed by atoms with Crippen LogP contribution in [0, 0.1) is 0 Å². The number of sulfonamides is 1. The average molecular weight is 476 g/mol. The highest BCUT2D eigenvalue weighted by Gasteiger charge is 2.31. The number of aromatic nitrogens is 3. The molecule has 9 nitrogen and oxygen atoms in total. The molecule has 2 heterocycles. The molecular weight excluding hydrogens is 454 g/mol. The zero-order valence-electron chi connectivity index (χ0n) is 18.2. The second-order valence-electron chi connectivity index (χ2n) is 7.67. The molecule has 34 heavy (non-hydrogen) atoms. The Morgan fingerprint density at radius 1 is 1.06 bits per heavy atom. The van der Waals surface area contributed by atoms with E-state index in [1.54, 1.807) is 37.4 Å². The first-order valence-electron chi connectivity index (χ1n) is 10.5. The average Bonchev–Trinajstić information content (AvgIpc) is 3.52. The zero-order valence-corrected chi connectivity index (χ0v) is 19.0. The van der Waals surface area contributed by atoms with Gasteiger partial charge in [0.05, 0.1) is 17.7 Å². The molecule has 10 heteroatoms. The van der Waals surface area contributed by atoms with Crippen molar-refractivity contribution in [3.05, 3.63) is 83.9 Å². The van der Waals surface area contributed by atoms with Crippen LogP contribution in [0.15, 0.2) is 77.7 Å². The number of ether oxygens (including phenoxy) is 1. The van der Waals surface area contributed by atoms with Gasteiger partial charge in [-0.15, -0.1) is 5.10 Å². The van der Waals surface area contributed by atoms with Gasteiger partial charge in [-0.05, 0) is 60.5 Å². The second-order valence-corrected chi connectivity index (χ2v) is 9.54. The lowest BCUT2D eigenvalue weighted by molar-refractivity contribution is 0.102. The maximum atomic E-state index is 13.3. The molecule has 1 aliphatic rings. The molecule has 1 amide bonds. The zero-order chi connectivity index (χ0) is 23.7. The van der Waals surface area contributed by atoms with Gasteiger partial charge in [0.25, 0.3) is 15.9 Å². The van der Waals surface area contributed by atoms with Crippen LogP contribution in [0.5, 0.6) is 5.75 Å². The molecule has 0 radical (unpaired) electrons. The van der Waals surface area contributed by atoms with Gasteiger partial charge < -0.3 is 4.74 Å². The fourth-order valence-corrected chi connectivity index (χ4v) is 5.40. The monoisotopic (exact) mass is 475 g/mol. The maximum absolute atomic E-state index is 13.3. The van der Waals surface area contributed by atoms with Crippen molar-refractivity contribution < 1.29 is 17.9 Å². The minimum atomic E-state index is -3.81. The standard InChI is InChI=1S/C24H21N5O4S/c1-33-19-11-9-17(10-12-19)22-25-24(28-27-22)26-23(30)18-6-4-7-20(15-18)34(31,32)29-14-13-16-5-2-3-8-21(16)29/h2-12,15H,13-14H2,1H3,(H2,25,26,27,28,30). The van der Waals surface area contributed by atoms with Crippen molar-refractivity contribution in [2.45, 2.75) is 11.3 Å². The number of aromatic amines is 1. The van der Waals surface area contributed by atoms with Crippen molar-refractivity contribution in [1.82, 2.24) is 15.2 Å². The molecule has 0 unspecified atom stereocenters. The third kappa shape index (κ3) is 3.99. The largest absolute Gasteiger partial charge is 0.497 e. The van der Waals surface area contributed by atoms with E-state index in [1.807, 2.05) is 30.3 Å². The number of carbonyl (C=O) groups is 1. The van der Waals surface area contributed by atoms with Crippen molar-refractivity contribution in [2.24, 2.45) is 0 Å². The number of benzene rings is 3. The van der Waals surface area contributed by atoms with Crippen molar-refractivity contribution in [2.75, 3.05) is 23.3 Å². The van der Waals surface area contributed by atoms with Crippen LogP contribution >= 0.6 is 0 Å². The molecule has 0 bridgehead atoms. The van der Waals surface area contributed by atoms with E-state index in [9.17, 15) is 13.2 Å². The minimum Gasteiger partial charge on any atom is -0.497 e. The molecule has 4 aromatic rings. The summed E-state index contributed by atoms with van der Waals surface area (Å²) in [6.45, 7) is 0.365. The first kappa shape index (κ1) is 21.7. The van der Waals surface area contributed by atoms with Crippen LogP contribution in [0.4, 0.5) is 11.6 Å². The van der Waals surface area contributed by atoms with E-state index in [4.69, 9.17) is 4.74 Å². The number of fused-ring (bicyclic) bond motifs is 1. The number of anilines is 2. The minimum absolute atomic E-state index is 0.0470. The van der Waals surface area contributed by atoms with Gasteiger partial charge in [0, 0.05) is 17.7 Å². The molecule has 1 aromatic heterocycles. The van der Waals surface area contributed by atoms with Crippen molar-refractivity contribution in [1.29, 1.82) is 0 Å². The van der Waals surface area contributed by atoms with E-state index in [1.165, 1.54) is 16.4 Å². The summed E-state index contributed by atoms with van der Waals surface area (Å²) in [5.74, 6) is 0.753. The number of carbonyl (C=O) groups excluding carboxylic acids is 1.